The number of alkyl halides is 3. The molecule has 0 fully saturated rings. The zero-order valence-corrected chi connectivity index (χ0v) is 12.4. The standard InChI is InChI=1S/C14H10BrF3N2O/c1-8-2-3-9(6-11(8)15)13(21)20-10-4-5-12(19-7-10)14(16,17)18/h2-7H,1H3,(H,20,21). The summed E-state index contributed by atoms with van der Waals surface area (Å²) in [6, 6.07) is 7.02. The van der Waals surface area contributed by atoms with E-state index in [0.29, 0.717) is 5.56 Å². The van der Waals surface area contributed by atoms with E-state index in [1.54, 1.807) is 18.2 Å². The van der Waals surface area contributed by atoms with Crippen molar-refractivity contribution in [3.8, 4) is 0 Å². The van der Waals surface area contributed by atoms with E-state index >= 15 is 0 Å². The van der Waals surface area contributed by atoms with Crippen LogP contribution in [0.3, 0.4) is 0 Å². The number of aromatic nitrogens is 1. The molecule has 21 heavy (non-hydrogen) atoms. The number of anilines is 1. The molecule has 0 bridgehead atoms. The van der Waals surface area contributed by atoms with Crippen LogP contribution in [0.4, 0.5) is 18.9 Å². The minimum atomic E-state index is -4.50. The fraction of sp³-hybridized carbons (Fsp3) is 0.143. The third kappa shape index (κ3) is 3.81. The average Bonchev–Trinajstić information content (AvgIpc) is 2.41. The quantitative estimate of drug-likeness (QED) is 0.862. The van der Waals surface area contributed by atoms with Gasteiger partial charge in [-0.2, -0.15) is 13.2 Å². The van der Waals surface area contributed by atoms with Crippen molar-refractivity contribution in [1.29, 1.82) is 0 Å². The lowest BCUT2D eigenvalue weighted by molar-refractivity contribution is -0.141. The largest absolute Gasteiger partial charge is 0.433 e. The van der Waals surface area contributed by atoms with Crippen molar-refractivity contribution in [3.63, 3.8) is 0 Å². The highest BCUT2D eigenvalue weighted by Gasteiger charge is 2.32. The number of benzene rings is 1. The molecule has 2 aromatic rings. The topological polar surface area (TPSA) is 42.0 Å². The van der Waals surface area contributed by atoms with Gasteiger partial charge >= 0.3 is 6.18 Å². The summed E-state index contributed by atoms with van der Waals surface area (Å²) >= 11 is 3.31. The zero-order chi connectivity index (χ0) is 15.6. The van der Waals surface area contributed by atoms with Gasteiger partial charge in [0.15, 0.2) is 0 Å². The highest BCUT2D eigenvalue weighted by Crippen LogP contribution is 2.28. The first-order chi connectivity index (χ1) is 9.77. The summed E-state index contributed by atoms with van der Waals surface area (Å²) in [6.07, 6.45) is -3.52. The van der Waals surface area contributed by atoms with Crippen LogP contribution < -0.4 is 5.32 Å². The molecule has 0 saturated heterocycles. The molecule has 1 amide bonds. The molecule has 0 saturated carbocycles. The van der Waals surface area contributed by atoms with Gasteiger partial charge in [0.1, 0.15) is 5.69 Å². The maximum absolute atomic E-state index is 12.4. The highest BCUT2D eigenvalue weighted by atomic mass is 79.9. The SMILES string of the molecule is Cc1ccc(C(=O)Nc2ccc(C(F)(F)F)nc2)cc1Br. The summed E-state index contributed by atoms with van der Waals surface area (Å²) in [7, 11) is 0. The van der Waals surface area contributed by atoms with Gasteiger partial charge in [0.25, 0.3) is 5.91 Å². The third-order valence-corrected chi connectivity index (χ3v) is 3.60. The number of hydrogen-bond donors (Lipinski definition) is 1. The summed E-state index contributed by atoms with van der Waals surface area (Å²) < 4.78 is 37.9. The van der Waals surface area contributed by atoms with Crippen molar-refractivity contribution in [2.75, 3.05) is 5.32 Å². The van der Waals surface area contributed by atoms with E-state index in [4.69, 9.17) is 0 Å². The minimum Gasteiger partial charge on any atom is -0.321 e. The van der Waals surface area contributed by atoms with Gasteiger partial charge < -0.3 is 5.32 Å². The van der Waals surface area contributed by atoms with Gasteiger partial charge in [0.2, 0.25) is 0 Å². The number of carbonyl (C=O) groups excluding carboxylic acids is 1. The van der Waals surface area contributed by atoms with Crippen molar-refractivity contribution >= 4 is 27.5 Å². The minimum absolute atomic E-state index is 0.199. The van der Waals surface area contributed by atoms with E-state index in [-0.39, 0.29) is 5.69 Å². The predicted molar refractivity (Wildman–Crippen MR) is 76.1 cm³/mol. The summed E-state index contributed by atoms with van der Waals surface area (Å²) in [5, 5.41) is 2.49. The molecular weight excluding hydrogens is 349 g/mol. The van der Waals surface area contributed by atoms with E-state index in [1.165, 1.54) is 0 Å². The van der Waals surface area contributed by atoms with Crippen molar-refractivity contribution in [2.24, 2.45) is 0 Å². The lowest BCUT2D eigenvalue weighted by atomic mass is 10.1. The Morgan fingerprint density at radius 2 is 1.95 bits per heavy atom. The highest BCUT2D eigenvalue weighted by molar-refractivity contribution is 9.10. The second-order valence-corrected chi connectivity index (χ2v) is 5.20. The molecule has 1 N–H and O–H groups in total. The summed E-state index contributed by atoms with van der Waals surface area (Å²) in [5.74, 6) is -0.419. The normalized spacial score (nSPS) is 11.3. The molecule has 0 unspecified atom stereocenters. The fourth-order valence-corrected chi connectivity index (χ4v) is 1.95. The number of halogens is 4. The lowest BCUT2D eigenvalue weighted by Gasteiger charge is -2.08. The van der Waals surface area contributed by atoms with E-state index in [9.17, 15) is 18.0 Å². The number of carbonyl (C=O) groups is 1. The average molecular weight is 359 g/mol. The Hall–Kier alpha value is -1.89. The Morgan fingerprint density at radius 3 is 2.48 bits per heavy atom. The van der Waals surface area contributed by atoms with Crippen molar-refractivity contribution < 1.29 is 18.0 Å². The maximum atomic E-state index is 12.4. The Labute approximate surface area is 127 Å². The molecule has 1 aromatic heterocycles. The monoisotopic (exact) mass is 358 g/mol. The van der Waals surface area contributed by atoms with Crippen LogP contribution in [0.2, 0.25) is 0 Å². The smallest absolute Gasteiger partial charge is 0.321 e. The molecular formula is C14H10BrF3N2O. The van der Waals surface area contributed by atoms with E-state index in [2.05, 4.69) is 26.2 Å². The number of rotatable bonds is 2. The summed E-state index contributed by atoms with van der Waals surface area (Å²) in [5.41, 5.74) is 0.568. The molecule has 7 heteroatoms. The second kappa shape index (κ2) is 5.85. The Bertz CT molecular complexity index is 669. The fourth-order valence-electron chi connectivity index (χ4n) is 1.57. The molecule has 0 atom stereocenters. The van der Waals surface area contributed by atoms with Crippen LogP contribution in [0.5, 0.6) is 0 Å². The molecule has 1 aromatic carbocycles. The number of amides is 1. The molecule has 0 spiro atoms. The summed E-state index contributed by atoms with van der Waals surface area (Å²) in [4.78, 5) is 15.3. The van der Waals surface area contributed by atoms with Gasteiger partial charge in [0.05, 0.1) is 11.9 Å². The van der Waals surface area contributed by atoms with Gasteiger partial charge in [0, 0.05) is 10.0 Å². The van der Waals surface area contributed by atoms with Crippen molar-refractivity contribution in [2.45, 2.75) is 13.1 Å². The summed E-state index contributed by atoms with van der Waals surface area (Å²) in [6.45, 7) is 1.88. The van der Waals surface area contributed by atoms with Gasteiger partial charge in [-0.1, -0.05) is 22.0 Å². The van der Waals surface area contributed by atoms with Crippen molar-refractivity contribution in [3.05, 3.63) is 57.8 Å². The number of nitrogens with one attached hydrogen (secondary N) is 1. The first-order valence-corrected chi connectivity index (χ1v) is 6.67. The molecule has 0 aliphatic heterocycles. The molecule has 3 nitrogen and oxygen atoms in total. The number of pyridine rings is 1. The zero-order valence-electron chi connectivity index (χ0n) is 10.8. The maximum Gasteiger partial charge on any atom is 0.433 e. The van der Waals surface area contributed by atoms with Crippen LogP contribution in [0.1, 0.15) is 21.6 Å². The molecule has 2 rings (SSSR count). The van der Waals surface area contributed by atoms with Crippen LogP contribution in [0.15, 0.2) is 41.0 Å². The van der Waals surface area contributed by atoms with E-state index < -0.39 is 17.8 Å². The molecule has 0 radical (unpaired) electrons. The van der Waals surface area contributed by atoms with Crippen LogP contribution >= 0.6 is 15.9 Å². The van der Waals surface area contributed by atoms with Gasteiger partial charge in [-0.15, -0.1) is 0 Å². The van der Waals surface area contributed by atoms with Gasteiger partial charge in [-0.3, -0.25) is 4.79 Å². The van der Waals surface area contributed by atoms with Crippen molar-refractivity contribution in [1.82, 2.24) is 4.98 Å². The van der Waals surface area contributed by atoms with Gasteiger partial charge in [-0.05, 0) is 36.8 Å². The second-order valence-electron chi connectivity index (χ2n) is 4.35. The Balaban J connectivity index is 2.14. The molecule has 0 aliphatic rings. The molecule has 0 aliphatic carbocycles. The number of nitrogens with zero attached hydrogens (tertiary/aromatic N) is 1. The number of aryl methyl sites for hydroxylation is 1. The van der Waals surface area contributed by atoms with E-state index in [1.807, 2.05) is 6.92 Å². The first kappa shape index (κ1) is 15.5. The van der Waals surface area contributed by atoms with Gasteiger partial charge in [-0.25, -0.2) is 4.98 Å². The molecule has 1 heterocycles. The van der Waals surface area contributed by atoms with Crippen LogP contribution in [-0.4, -0.2) is 10.9 Å². The Kier molecular flexibility index (Phi) is 4.32. The first-order valence-electron chi connectivity index (χ1n) is 5.88. The number of hydrogen-bond acceptors (Lipinski definition) is 2. The molecule has 110 valence electrons. The van der Waals surface area contributed by atoms with Crippen LogP contribution in [0.25, 0.3) is 0 Å². The lowest BCUT2D eigenvalue weighted by Crippen LogP contribution is -2.13. The van der Waals surface area contributed by atoms with Crippen LogP contribution in [0, 0.1) is 6.92 Å². The predicted octanol–water partition coefficient (Wildman–Crippen LogP) is 4.42. The Morgan fingerprint density at radius 1 is 1.24 bits per heavy atom. The van der Waals surface area contributed by atoms with E-state index in [0.717, 1.165) is 28.4 Å². The third-order valence-electron chi connectivity index (χ3n) is 2.75. The van der Waals surface area contributed by atoms with Crippen LogP contribution in [-0.2, 0) is 6.18 Å².